The molecule has 7 nitrogen and oxygen atoms in total. The standard InChI is InChI=1S/C20H17ClF4N4O3/c1-11(28-31-10-14-6-7-15(22)8-16(14)21)9-26-18(30)13-4-2-12(3-5-13)17-27-19(32-29-17)20(23,24)25/h2-8,11,28H,9-10H2,1H3,(H,26,30). The molecule has 1 amide bonds. The van der Waals surface area contributed by atoms with Crippen molar-refractivity contribution < 1.29 is 31.7 Å². The number of hydrogen-bond donors (Lipinski definition) is 2. The maximum Gasteiger partial charge on any atom is 0.471 e. The van der Waals surface area contributed by atoms with Crippen molar-refractivity contribution in [2.45, 2.75) is 25.7 Å². The minimum absolute atomic E-state index is 0.102. The lowest BCUT2D eigenvalue weighted by molar-refractivity contribution is -0.159. The molecule has 1 aromatic heterocycles. The van der Waals surface area contributed by atoms with Crippen LogP contribution in [0.25, 0.3) is 11.4 Å². The van der Waals surface area contributed by atoms with Crippen molar-refractivity contribution in [1.82, 2.24) is 20.9 Å². The van der Waals surface area contributed by atoms with Gasteiger partial charge in [-0.05, 0) is 36.8 Å². The summed E-state index contributed by atoms with van der Waals surface area (Å²) in [6.07, 6.45) is -4.73. The van der Waals surface area contributed by atoms with Crippen LogP contribution >= 0.6 is 11.6 Å². The van der Waals surface area contributed by atoms with Crippen molar-refractivity contribution >= 4 is 17.5 Å². The third kappa shape index (κ3) is 6.25. The summed E-state index contributed by atoms with van der Waals surface area (Å²) < 4.78 is 54.9. The number of halogens is 5. The van der Waals surface area contributed by atoms with Gasteiger partial charge in [-0.2, -0.15) is 23.6 Å². The highest BCUT2D eigenvalue weighted by Crippen LogP contribution is 2.29. The van der Waals surface area contributed by atoms with Gasteiger partial charge in [-0.25, -0.2) is 4.39 Å². The predicted octanol–water partition coefficient (Wildman–Crippen LogP) is 4.39. The SMILES string of the molecule is CC(CNC(=O)c1ccc(-c2noc(C(F)(F)F)n2)cc1)NOCc1ccc(F)cc1Cl. The van der Waals surface area contributed by atoms with Crippen LogP contribution in [-0.2, 0) is 17.6 Å². The van der Waals surface area contributed by atoms with Crippen LogP contribution < -0.4 is 10.8 Å². The number of hydrogen-bond acceptors (Lipinski definition) is 6. The van der Waals surface area contributed by atoms with Crippen molar-refractivity contribution in [3.63, 3.8) is 0 Å². The van der Waals surface area contributed by atoms with Gasteiger partial charge in [0.05, 0.1) is 6.61 Å². The first-order valence-electron chi connectivity index (χ1n) is 9.24. The Morgan fingerprint density at radius 2 is 1.94 bits per heavy atom. The average Bonchev–Trinajstić information content (AvgIpc) is 3.25. The van der Waals surface area contributed by atoms with Gasteiger partial charge in [-0.1, -0.05) is 35.0 Å². The number of benzene rings is 2. The smallest absolute Gasteiger partial charge is 0.350 e. The summed E-state index contributed by atoms with van der Waals surface area (Å²) in [6, 6.07) is 9.38. The number of amides is 1. The summed E-state index contributed by atoms with van der Waals surface area (Å²) >= 11 is 5.92. The number of carbonyl (C=O) groups is 1. The van der Waals surface area contributed by atoms with Crippen LogP contribution in [0.5, 0.6) is 0 Å². The van der Waals surface area contributed by atoms with Gasteiger partial charge in [0.25, 0.3) is 5.91 Å². The molecule has 0 fully saturated rings. The molecular formula is C20H17ClF4N4O3. The largest absolute Gasteiger partial charge is 0.471 e. The zero-order chi connectivity index (χ0) is 23.3. The van der Waals surface area contributed by atoms with Crippen LogP contribution in [0.1, 0.15) is 28.7 Å². The third-order valence-corrected chi connectivity index (χ3v) is 4.52. The van der Waals surface area contributed by atoms with E-state index in [1.54, 1.807) is 6.92 Å². The van der Waals surface area contributed by atoms with Gasteiger partial charge in [0.2, 0.25) is 5.82 Å². The minimum Gasteiger partial charge on any atom is -0.350 e. The fraction of sp³-hybridized carbons (Fsp3) is 0.250. The minimum atomic E-state index is -4.73. The normalized spacial score (nSPS) is 12.6. The van der Waals surface area contributed by atoms with Gasteiger partial charge in [0.15, 0.2) is 0 Å². The highest BCUT2D eigenvalue weighted by molar-refractivity contribution is 6.31. The van der Waals surface area contributed by atoms with Crippen LogP contribution in [-0.4, -0.2) is 28.6 Å². The Morgan fingerprint density at radius 3 is 2.56 bits per heavy atom. The van der Waals surface area contributed by atoms with E-state index in [0.717, 1.165) is 0 Å². The Morgan fingerprint density at radius 1 is 1.22 bits per heavy atom. The van der Waals surface area contributed by atoms with E-state index in [9.17, 15) is 22.4 Å². The van der Waals surface area contributed by atoms with E-state index < -0.39 is 23.8 Å². The molecule has 0 radical (unpaired) electrons. The first kappa shape index (κ1) is 23.6. The van der Waals surface area contributed by atoms with E-state index in [2.05, 4.69) is 25.5 Å². The van der Waals surface area contributed by atoms with Crippen LogP contribution in [0.2, 0.25) is 5.02 Å². The Hall–Kier alpha value is -3.02. The molecule has 0 saturated heterocycles. The summed E-state index contributed by atoms with van der Waals surface area (Å²) in [7, 11) is 0. The third-order valence-electron chi connectivity index (χ3n) is 4.17. The quantitative estimate of drug-likeness (QED) is 0.373. The van der Waals surface area contributed by atoms with Crippen LogP contribution in [0.4, 0.5) is 17.6 Å². The summed E-state index contributed by atoms with van der Waals surface area (Å²) in [5, 5.41) is 6.23. The molecule has 1 atom stereocenters. The summed E-state index contributed by atoms with van der Waals surface area (Å²) in [5.41, 5.74) is 3.90. The Labute approximate surface area is 184 Å². The number of rotatable bonds is 8. The number of aromatic nitrogens is 2. The number of alkyl halides is 3. The molecule has 2 aromatic carbocycles. The summed E-state index contributed by atoms with van der Waals surface area (Å²) in [4.78, 5) is 20.9. The zero-order valence-electron chi connectivity index (χ0n) is 16.5. The Kier molecular flexibility index (Phi) is 7.44. The molecule has 0 saturated carbocycles. The summed E-state index contributed by atoms with van der Waals surface area (Å²) in [6.45, 7) is 2.09. The monoisotopic (exact) mass is 472 g/mol. The van der Waals surface area contributed by atoms with E-state index in [0.29, 0.717) is 11.1 Å². The Bertz CT molecular complexity index is 1070. The summed E-state index contributed by atoms with van der Waals surface area (Å²) in [5.74, 6) is -2.52. The molecular weight excluding hydrogens is 456 g/mol. The second kappa shape index (κ2) is 10.1. The average molecular weight is 473 g/mol. The number of nitrogens with one attached hydrogen (secondary N) is 2. The van der Waals surface area contributed by atoms with Crippen molar-refractivity contribution in [2.75, 3.05) is 6.54 Å². The van der Waals surface area contributed by atoms with Gasteiger partial charge in [-0.3, -0.25) is 9.63 Å². The van der Waals surface area contributed by atoms with Gasteiger partial charge in [-0.15, -0.1) is 0 Å². The molecule has 3 rings (SSSR count). The predicted molar refractivity (Wildman–Crippen MR) is 106 cm³/mol. The second-order valence-corrected chi connectivity index (χ2v) is 7.16. The topological polar surface area (TPSA) is 89.3 Å². The van der Waals surface area contributed by atoms with E-state index in [1.807, 2.05) is 0 Å². The van der Waals surface area contributed by atoms with Crippen molar-refractivity contribution in [1.29, 1.82) is 0 Å². The number of nitrogens with zero attached hydrogens (tertiary/aromatic N) is 2. The maximum absolute atomic E-state index is 13.0. The molecule has 0 bridgehead atoms. The lowest BCUT2D eigenvalue weighted by atomic mass is 10.1. The van der Waals surface area contributed by atoms with Crippen LogP contribution in [0.3, 0.4) is 0 Å². The highest BCUT2D eigenvalue weighted by atomic mass is 35.5. The molecule has 1 heterocycles. The fourth-order valence-corrected chi connectivity index (χ4v) is 2.74. The van der Waals surface area contributed by atoms with Crippen LogP contribution in [0, 0.1) is 5.82 Å². The van der Waals surface area contributed by atoms with Crippen molar-refractivity contribution in [3.8, 4) is 11.4 Å². The zero-order valence-corrected chi connectivity index (χ0v) is 17.3. The molecule has 3 aromatic rings. The molecule has 1 unspecified atom stereocenters. The molecule has 0 aliphatic carbocycles. The van der Waals surface area contributed by atoms with Crippen molar-refractivity contribution in [2.24, 2.45) is 0 Å². The van der Waals surface area contributed by atoms with Gasteiger partial charge < -0.3 is 9.84 Å². The maximum atomic E-state index is 13.0. The lowest BCUT2D eigenvalue weighted by Gasteiger charge is -2.15. The molecule has 32 heavy (non-hydrogen) atoms. The molecule has 170 valence electrons. The molecule has 0 aliphatic heterocycles. The molecule has 12 heteroatoms. The highest BCUT2D eigenvalue weighted by Gasteiger charge is 2.38. The van der Waals surface area contributed by atoms with Crippen LogP contribution in [0.15, 0.2) is 47.0 Å². The number of carbonyl (C=O) groups excluding carboxylic acids is 1. The lowest BCUT2D eigenvalue weighted by Crippen LogP contribution is -2.38. The van der Waals surface area contributed by atoms with E-state index in [-0.39, 0.29) is 35.6 Å². The molecule has 2 N–H and O–H groups in total. The van der Waals surface area contributed by atoms with Gasteiger partial charge in [0.1, 0.15) is 5.82 Å². The molecule has 0 spiro atoms. The fourth-order valence-electron chi connectivity index (χ4n) is 2.52. The Balaban J connectivity index is 1.46. The van der Waals surface area contributed by atoms with Gasteiger partial charge in [0, 0.05) is 28.7 Å². The van der Waals surface area contributed by atoms with E-state index >= 15 is 0 Å². The second-order valence-electron chi connectivity index (χ2n) is 6.75. The molecule has 0 aliphatic rings. The van der Waals surface area contributed by atoms with Gasteiger partial charge >= 0.3 is 12.1 Å². The first-order chi connectivity index (χ1) is 15.1. The van der Waals surface area contributed by atoms with E-state index in [1.165, 1.54) is 42.5 Å². The number of hydroxylamine groups is 1. The first-order valence-corrected chi connectivity index (χ1v) is 9.62. The van der Waals surface area contributed by atoms with Crippen molar-refractivity contribution in [3.05, 3.63) is 70.3 Å². The van der Waals surface area contributed by atoms with E-state index in [4.69, 9.17) is 16.4 Å².